The molecule has 0 aromatic carbocycles. The molecule has 1 amide bonds. The van der Waals surface area contributed by atoms with Gasteiger partial charge in [0.25, 0.3) is 0 Å². The zero-order valence-electron chi connectivity index (χ0n) is 9.10. The van der Waals surface area contributed by atoms with E-state index in [9.17, 15) is 4.79 Å². The van der Waals surface area contributed by atoms with Crippen LogP contribution in [0.2, 0.25) is 0 Å². The Morgan fingerprint density at radius 2 is 2.36 bits per heavy atom. The topological polar surface area (TPSA) is 41.1 Å². The minimum Gasteiger partial charge on any atom is -0.351 e. The standard InChI is InChI=1S/C11H20N2O/c1-3-11(5-4-6-12-11)10(14)13-9-7-8(9)2/h8-9,12H,3-7H2,1-2H3,(H,13,14). The quantitative estimate of drug-likeness (QED) is 0.708. The summed E-state index contributed by atoms with van der Waals surface area (Å²) in [6.45, 7) is 5.27. The van der Waals surface area contributed by atoms with Crippen molar-refractivity contribution < 1.29 is 4.79 Å². The molecular weight excluding hydrogens is 176 g/mol. The zero-order valence-corrected chi connectivity index (χ0v) is 9.10. The lowest BCUT2D eigenvalue weighted by Crippen LogP contribution is -2.53. The van der Waals surface area contributed by atoms with Crippen molar-refractivity contribution in [2.24, 2.45) is 5.92 Å². The van der Waals surface area contributed by atoms with Crippen LogP contribution in [0.3, 0.4) is 0 Å². The fourth-order valence-electron chi connectivity index (χ4n) is 2.29. The van der Waals surface area contributed by atoms with Gasteiger partial charge in [-0.1, -0.05) is 13.8 Å². The summed E-state index contributed by atoms with van der Waals surface area (Å²) >= 11 is 0. The maximum absolute atomic E-state index is 12.0. The van der Waals surface area contributed by atoms with Gasteiger partial charge in [0.15, 0.2) is 0 Å². The molecule has 2 fully saturated rings. The van der Waals surface area contributed by atoms with Crippen molar-refractivity contribution >= 4 is 5.91 Å². The second kappa shape index (κ2) is 3.54. The number of carbonyl (C=O) groups excluding carboxylic acids is 1. The summed E-state index contributed by atoms with van der Waals surface area (Å²) in [5, 5.41) is 6.49. The van der Waals surface area contributed by atoms with Crippen LogP contribution in [0.25, 0.3) is 0 Å². The van der Waals surface area contributed by atoms with E-state index in [1.54, 1.807) is 0 Å². The molecule has 0 aromatic heterocycles. The van der Waals surface area contributed by atoms with Gasteiger partial charge in [0.1, 0.15) is 0 Å². The molecule has 3 unspecified atom stereocenters. The zero-order chi connectivity index (χ0) is 10.2. The maximum Gasteiger partial charge on any atom is 0.240 e. The fourth-order valence-corrected chi connectivity index (χ4v) is 2.29. The van der Waals surface area contributed by atoms with Gasteiger partial charge in [0.2, 0.25) is 5.91 Å². The summed E-state index contributed by atoms with van der Waals surface area (Å²) in [6.07, 6.45) is 4.18. The summed E-state index contributed by atoms with van der Waals surface area (Å²) in [6, 6.07) is 0.452. The van der Waals surface area contributed by atoms with Crippen molar-refractivity contribution in [2.45, 2.75) is 51.1 Å². The van der Waals surface area contributed by atoms with Gasteiger partial charge in [-0.3, -0.25) is 4.79 Å². The van der Waals surface area contributed by atoms with Crippen molar-refractivity contribution in [3.05, 3.63) is 0 Å². The molecule has 2 N–H and O–H groups in total. The van der Waals surface area contributed by atoms with Gasteiger partial charge < -0.3 is 10.6 Å². The first-order chi connectivity index (χ1) is 6.68. The van der Waals surface area contributed by atoms with Crippen LogP contribution in [0.5, 0.6) is 0 Å². The lowest BCUT2D eigenvalue weighted by molar-refractivity contribution is -0.127. The maximum atomic E-state index is 12.0. The van der Waals surface area contributed by atoms with Gasteiger partial charge in [0, 0.05) is 6.04 Å². The van der Waals surface area contributed by atoms with Crippen molar-refractivity contribution in [3.8, 4) is 0 Å². The van der Waals surface area contributed by atoms with E-state index in [-0.39, 0.29) is 11.4 Å². The molecule has 1 saturated heterocycles. The third-order valence-electron chi connectivity index (χ3n) is 3.71. The molecule has 3 atom stereocenters. The van der Waals surface area contributed by atoms with Crippen LogP contribution in [0, 0.1) is 5.92 Å². The van der Waals surface area contributed by atoms with E-state index in [0.29, 0.717) is 12.0 Å². The molecule has 2 aliphatic rings. The highest BCUT2D eigenvalue weighted by atomic mass is 16.2. The number of rotatable bonds is 3. The third-order valence-corrected chi connectivity index (χ3v) is 3.71. The van der Waals surface area contributed by atoms with E-state index in [1.165, 1.54) is 0 Å². The van der Waals surface area contributed by atoms with Crippen LogP contribution < -0.4 is 10.6 Å². The Kier molecular flexibility index (Phi) is 2.52. The van der Waals surface area contributed by atoms with E-state index >= 15 is 0 Å². The Morgan fingerprint density at radius 3 is 2.79 bits per heavy atom. The van der Waals surface area contributed by atoms with Crippen LogP contribution in [0.1, 0.15) is 39.5 Å². The molecule has 1 aliphatic heterocycles. The lowest BCUT2D eigenvalue weighted by atomic mass is 9.93. The fraction of sp³-hybridized carbons (Fsp3) is 0.909. The Morgan fingerprint density at radius 1 is 1.64 bits per heavy atom. The second-order valence-electron chi connectivity index (χ2n) is 4.76. The largest absolute Gasteiger partial charge is 0.351 e. The molecule has 1 heterocycles. The monoisotopic (exact) mass is 196 g/mol. The minimum atomic E-state index is -0.248. The molecule has 0 aromatic rings. The molecular formula is C11H20N2O. The van der Waals surface area contributed by atoms with Crippen LogP contribution >= 0.6 is 0 Å². The molecule has 1 aliphatic carbocycles. The van der Waals surface area contributed by atoms with E-state index in [4.69, 9.17) is 0 Å². The van der Waals surface area contributed by atoms with Crippen molar-refractivity contribution in [1.82, 2.24) is 10.6 Å². The summed E-state index contributed by atoms with van der Waals surface area (Å²) in [5.74, 6) is 0.918. The first-order valence-electron chi connectivity index (χ1n) is 5.74. The van der Waals surface area contributed by atoms with Gasteiger partial charge in [0.05, 0.1) is 5.54 Å². The number of nitrogens with one attached hydrogen (secondary N) is 2. The first kappa shape index (κ1) is 9.97. The number of carbonyl (C=O) groups is 1. The summed E-state index contributed by atoms with van der Waals surface area (Å²) < 4.78 is 0. The average molecular weight is 196 g/mol. The van der Waals surface area contributed by atoms with Crippen molar-refractivity contribution in [1.29, 1.82) is 0 Å². The SMILES string of the molecule is CCC1(C(=O)NC2CC2C)CCCN1. The number of hydrogen-bond acceptors (Lipinski definition) is 2. The second-order valence-corrected chi connectivity index (χ2v) is 4.76. The lowest BCUT2D eigenvalue weighted by Gasteiger charge is -2.26. The molecule has 3 heteroatoms. The smallest absolute Gasteiger partial charge is 0.240 e. The highest BCUT2D eigenvalue weighted by Crippen LogP contribution is 2.31. The Hall–Kier alpha value is -0.570. The third kappa shape index (κ3) is 1.65. The van der Waals surface area contributed by atoms with Crippen LogP contribution in [0.15, 0.2) is 0 Å². The van der Waals surface area contributed by atoms with Crippen LogP contribution in [-0.4, -0.2) is 24.0 Å². The summed E-state index contributed by atoms with van der Waals surface area (Å²) in [5.41, 5.74) is -0.248. The summed E-state index contributed by atoms with van der Waals surface area (Å²) in [7, 11) is 0. The first-order valence-corrected chi connectivity index (χ1v) is 5.74. The minimum absolute atomic E-state index is 0.229. The Balaban J connectivity index is 1.94. The Labute approximate surface area is 85.6 Å². The van der Waals surface area contributed by atoms with Crippen molar-refractivity contribution in [2.75, 3.05) is 6.54 Å². The predicted molar refractivity (Wildman–Crippen MR) is 56.0 cm³/mol. The normalized spacial score (nSPS) is 41.0. The highest BCUT2D eigenvalue weighted by Gasteiger charge is 2.43. The molecule has 80 valence electrons. The number of hydrogen-bond donors (Lipinski definition) is 2. The van der Waals surface area contributed by atoms with E-state index in [0.717, 1.165) is 32.2 Å². The van der Waals surface area contributed by atoms with Gasteiger partial charge in [-0.25, -0.2) is 0 Å². The molecule has 0 radical (unpaired) electrons. The van der Waals surface area contributed by atoms with Gasteiger partial charge in [-0.15, -0.1) is 0 Å². The molecule has 0 spiro atoms. The van der Waals surface area contributed by atoms with Crippen LogP contribution in [-0.2, 0) is 4.79 Å². The average Bonchev–Trinajstić information content (AvgIpc) is 2.73. The summed E-state index contributed by atoms with van der Waals surface area (Å²) in [4.78, 5) is 12.0. The van der Waals surface area contributed by atoms with E-state index in [1.807, 2.05) is 0 Å². The Bertz CT molecular complexity index is 233. The van der Waals surface area contributed by atoms with E-state index < -0.39 is 0 Å². The molecule has 1 saturated carbocycles. The van der Waals surface area contributed by atoms with Gasteiger partial charge in [-0.05, 0) is 38.1 Å². The molecule has 14 heavy (non-hydrogen) atoms. The van der Waals surface area contributed by atoms with Gasteiger partial charge >= 0.3 is 0 Å². The van der Waals surface area contributed by atoms with Crippen molar-refractivity contribution in [3.63, 3.8) is 0 Å². The van der Waals surface area contributed by atoms with E-state index in [2.05, 4.69) is 24.5 Å². The van der Waals surface area contributed by atoms with Gasteiger partial charge in [-0.2, -0.15) is 0 Å². The predicted octanol–water partition coefficient (Wildman–Crippen LogP) is 1.04. The molecule has 3 nitrogen and oxygen atoms in total. The molecule has 2 rings (SSSR count). The highest BCUT2D eigenvalue weighted by molar-refractivity contribution is 5.87. The molecule has 0 bridgehead atoms. The number of amides is 1. The van der Waals surface area contributed by atoms with Crippen LogP contribution in [0.4, 0.5) is 0 Å².